The van der Waals surface area contributed by atoms with Crippen LogP contribution < -0.4 is 4.74 Å². The van der Waals surface area contributed by atoms with Crippen molar-refractivity contribution in [1.82, 2.24) is 0 Å². The molecular weight excluding hydrogens is 232 g/mol. The fraction of sp³-hybridized carbons (Fsp3) is 0.500. The second kappa shape index (κ2) is 5.87. The van der Waals surface area contributed by atoms with Crippen LogP contribution in [0.3, 0.4) is 0 Å². The Bertz CT molecular complexity index is 395. The molecule has 0 heterocycles. The number of carbonyl (C=O) groups is 1. The van der Waals surface area contributed by atoms with E-state index in [0.29, 0.717) is 12.8 Å². The van der Waals surface area contributed by atoms with Gasteiger partial charge >= 0.3 is 5.97 Å². The Hall–Kier alpha value is -1.55. The largest absolute Gasteiger partial charge is 0.497 e. The highest BCUT2D eigenvalue weighted by molar-refractivity contribution is 5.70. The van der Waals surface area contributed by atoms with E-state index in [0.717, 1.165) is 11.3 Å². The maximum Gasteiger partial charge on any atom is 0.309 e. The third-order valence-corrected chi connectivity index (χ3v) is 3.38. The molecule has 4 nitrogen and oxygen atoms in total. The van der Waals surface area contributed by atoms with Crippen LogP contribution in [0.25, 0.3) is 0 Å². The first-order valence-corrected chi connectivity index (χ1v) is 5.95. The molecule has 0 aromatic heterocycles. The average molecular weight is 252 g/mol. The molecular formula is C14H20O4. The van der Waals surface area contributed by atoms with Gasteiger partial charge in [0.25, 0.3) is 0 Å². The minimum atomic E-state index is -1.20. The van der Waals surface area contributed by atoms with Crippen molar-refractivity contribution in [2.45, 2.75) is 32.3 Å². The highest BCUT2D eigenvalue weighted by Crippen LogP contribution is 2.24. The van der Waals surface area contributed by atoms with Gasteiger partial charge in [0.2, 0.25) is 0 Å². The molecule has 0 amide bonds. The summed E-state index contributed by atoms with van der Waals surface area (Å²) in [6.45, 7) is 3.09. The molecule has 0 spiro atoms. The van der Waals surface area contributed by atoms with Crippen LogP contribution in [0, 0.1) is 5.92 Å². The molecule has 0 fully saturated rings. The lowest BCUT2D eigenvalue weighted by molar-refractivity contribution is -0.150. The zero-order valence-electron chi connectivity index (χ0n) is 11.0. The Morgan fingerprint density at radius 1 is 1.39 bits per heavy atom. The van der Waals surface area contributed by atoms with Crippen molar-refractivity contribution in [2.24, 2.45) is 5.92 Å². The number of rotatable bonds is 6. The monoisotopic (exact) mass is 252 g/mol. The molecule has 2 N–H and O–H groups in total. The van der Waals surface area contributed by atoms with Gasteiger partial charge in [0, 0.05) is 0 Å². The minimum Gasteiger partial charge on any atom is -0.497 e. The molecule has 1 rings (SSSR count). The first kappa shape index (κ1) is 14.5. The normalized spacial score (nSPS) is 15.8. The topological polar surface area (TPSA) is 66.8 Å². The number of ether oxygens (including phenoxy) is 1. The number of benzene rings is 1. The second-order valence-electron chi connectivity index (χ2n) is 4.77. The third kappa shape index (κ3) is 3.74. The number of hydrogen-bond donors (Lipinski definition) is 2. The molecule has 4 heteroatoms. The molecule has 18 heavy (non-hydrogen) atoms. The molecule has 0 aliphatic rings. The van der Waals surface area contributed by atoms with E-state index >= 15 is 0 Å². The fourth-order valence-corrected chi connectivity index (χ4v) is 1.67. The predicted octanol–water partition coefficient (Wildman–Crippen LogP) is 2.10. The summed E-state index contributed by atoms with van der Waals surface area (Å²) < 4.78 is 5.06. The first-order chi connectivity index (χ1) is 8.36. The lowest BCUT2D eigenvalue weighted by atomic mass is 9.85. The van der Waals surface area contributed by atoms with Gasteiger partial charge in [-0.1, -0.05) is 12.1 Å². The van der Waals surface area contributed by atoms with E-state index in [1.54, 1.807) is 14.0 Å². The predicted molar refractivity (Wildman–Crippen MR) is 68.7 cm³/mol. The number of aryl methyl sites for hydroxylation is 1. The Balaban J connectivity index is 2.60. The van der Waals surface area contributed by atoms with Crippen LogP contribution >= 0.6 is 0 Å². The molecule has 0 aliphatic carbocycles. The average Bonchev–Trinajstić information content (AvgIpc) is 2.36. The van der Waals surface area contributed by atoms with Crippen molar-refractivity contribution in [3.05, 3.63) is 29.8 Å². The van der Waals surface area contributed by atoms with E-state index < -0.39 is 17.5 Å². The van der Waals surface area contributed by atoms with Crippen LogP contribution in [0.1, 0.15) is 25.8 Å². The smallest absolute Gasteiger partial charge is 0.309 e. The molecule has 1 aromatic carbocycles. The van der Waals surface area contributed by atoms with Crippen LogP contribution in [-0.4, -0.2) is 28.9 Å². The van der Waals surface area contributed by atoms with Gasteiger partial charge in [-0.05, 0) is 44.4 Å². The van der Waals surface area contributed by atoms with Crippen molar-refractivity contribution in [3.8, 4) is 5.75 Å². The molecule has 0 saturated carbocycles. The molecule has 100 valence electrons. The lowest BCUT2D eigenvalue weighted by Crippen LogP contribution is -2.38. The Kier molecular flexibility index (Phi) is 4.73. The highest BCUT2D eigenvalue weighted by Gasteiger charge is 2.33. The van der Waals surface area contributed by atoms with Crippen molar-refractivity contribution in [2.75, 3.05) is 7.11 Å². The van der Waals surface area contributed by atoms with Gasteiger partial charge in [-0.3, -0.25) is 4.79 Å². The Labute approximate surface area is 107 Å². The summed E-state index contributed by atoms with van der Waals surface area (Å²) in [6.07, 6.45) is 1.04. The van der Waals surface area contributed by atoms with Crippen molar-refractivity contribution in [3.63, 3.8) is 0 Å². The standard InChI is InChI=1S/C14H20O4/c1-10(13(15)16)14(2,17)9-8-11-4-6-12(18-3)7-5-11/h4-7,10,17H,8-9H2,1-3H3,(H,15,16). The molecule has 0 bridgehead atoms. The number of hydrogen-bond acceptors (Lipinski definition) is 3. The van der Waals surface area contributed by atoms with Crippen molar-refractivity contribution in [1.29, 1.82) is 0 Å². The van der Waals surface area contributed by atoms with Gasteiger partial charge in [0.05, 0.1) is 18.6 Å². The SMILES string of the molecule is COc1ccc(CCC(C)(O)C(C)C(=O)O)cc1. The number of aliphatic carboxylic acids is 1. The highest BCUT2D eigenvalue weighted by atomic mass is 16.5. The van der Waals surface area contributed by atoms with Gasteiger partial charge in [-0.2, -0.15) is 0 Å². The zero-order chi connectivity index (χ0) is 13.8. The van der Waals surface area contributed by atoms with Crippen LogP contribution in [0.4, 0.5) is 0 Å². The molecule has 0 radical (unpaired) electrons. The number of carboxylic acids is 1. The molecule has 1 aromatic rings. The molecule has 0 aliphatic heterocycles. The third-order valence-electron chi connectivity index (χ3n) is 3.38. The van der Waals surface area contributed by atoms with E-state index in [1.807, 2.05) is 24.3 Å². The van der Waals surface area contributed by atoms with Gasteiger partial charge < -0.3 is 14.9 Å². The fourth-order valence-electron chi connectivity index (χ4n) is 1.67. The number of carboxylic acid groups (broad SMARTS) is 1. The summed E-state index contributed by atoms with van der Waals surface area (Å²) >= 11 is 0. The van der Waals surface area contributed by atoms with Gasteiger partial charge in [-0.25, -0.2) is 0 Å². The van der Waals surface area contributed by atoms with E-state index in [4.69, 9.17) is 9.84 Å². The summed E-state index contributed by atoms with van der Waals surface area (Å²) in [6, 6.07) is 7.54. The van der Waals surface area contributed by atoms with Gasteiger partial charge in [0.1, 0.15) is 5.75 Å². The molecule has 0 saturated heterocycles. The van der Waals surface area contributed by atoms with Crippen LogP contribution in [0.2, 0.25) is 0 Å². The number of methoxy groups -OCH3 is 1. The minimum absolute atomic E-state index is 0.410. The maximum atomic E-state index is 10.9. The van der Waals surface area contributed by atoms with Crippen LogP contribution in [0.15, 0.2) is 24.3 Å². The van der Waals surface area contributed by atoms with Gasteiger partial charge in [0.15, 0.2) is 0 Å². The van der Waals surface area contributed by atoms with Crippen LogP contribution in [-0.2, 0) is 11.2 Å². The van der Waals surface area contributed by atoms with Crippen LogP contribution in [0.5, 0.6) is 5.75 Å². The van der Waals surface area contributed by atoms with E-state index in [1.165, 1.54) is 6.92 Å². The first-order valence-electron chi connectivity index (χ1n) is 5.95. The Morgan fingerprint density at radius 2 is 1.94 bits per heavy atom. The van der Waals surface area contributed by atoms with Crippen molar-refractivity contribution < 1.29 is 19.7 Å². The van der Waals surface area contributed by atoms with Gasteiger partial charge in [-0.15, -0.1) is 0 Å². The lowest BCUT2D eigenvalue weighted by Gasteiger charge is -2.27. The summed E-state index contributed by atoms with van der Waals surface area (Å²) in [7, 11) is 1.61. The quantitative estimate of drug-likeness (QED) is 0.813. The van der Waals surface area contributed by atoms with Crippen molar-refractivity contribution >= 4 is 5.97 Å². The molecule has 2 unspecified atom stereocenters. The number of aliphatic hydroxyl groups is 1. The summed E-state index contributed by atoms with van der Waals surface area (Å²) in [5.41, 5.74) is -0.153. The molecule has 2 atom stereocenters. The Morgan fingerprint density at radius 3 is 2.39 bits per heavy atom. The van der Waals surface area contributed by atoms with E-state index in [2.05, 4.69) is 0 Å². The zero-order valence-corrected chi connectivity index (χ0v) is 11.0. The summed E-state index contributed by atoms with van der Waals surface area (Å²) in [4.78, 5) is 10.9. The second-order valence-corrected chi connectivity index (χ2v) is 4.77. The van der Waals surface area contributed by atoms with E-state index in [-0.39, 0.29) is 0 Å². The summed E-state index contributed by atoms with van der Waals surface area (Å²) in [5.74, 6) is -0.977. The van der Waals surface area contributed by atoms with E-state index in [9.17, 15) is 9.90 Å². The summed E-state index contributed by atoms with van der Waals surface area (Å²) in [5, 5.41) is 19.0. The maximum absolute atomic E-state index is 10.9.